The van der Waals surface area contributed by atoms with Gasteiger partial charge in [-0.25, -0.2) is 4.98 Å². The van der Waals surface area contributed by atoms with E-state index < -0.39 is 0 Å². The monoisotopic (exact) mass is 201 g/mol. The summed E-state index contributed by atoms with van der Waals surface area (Å²) in [4.78, 5) is 15.0. The number of aromatic nitrogens is 1. The van der Waals surface area contributed by atoms with Gasteiger partial charge in [0, 0.05) is 12.4 Å². The van der Waals surface area contributed by atoms with Crippen LogP contribution >= 0.6 is 0 Å². The maximum atomic E-state index is 10.9. The van der Waals surface area contributed by atoms with Gasteiger partial charge in [0.05, 0.1) is 0 Å². The Labute approximate surface area is 88.3 Å². The average Bonchev–Trinajstić information content (AvgIpc) is 2.21. The molecule has 0 aliphatic rings. The minimum absolute atomic E-state index is 0.0809. The van der Waals surface area contributed by atoms with Gasteiger partial charge in [0.1, 0.15) is 17.5 Å². The first-order valence-corrected chi connectivity index (χ1v) is 4.44. The summed E-state index contributed by atoms with van der Waals surface area (Å²) in [5.41, 5.74) is 1.13. The molecule has 76 valence electrons. The van der Waals surface area contributed by atoms with E-state index in [0.717, 1.165) is 5.56 Å². The number of rotatable bonds is 3. The lowest BCUT2D eigenvalue weighted by molar-refractivity contribution is -0.113. The first kappa shape index (κ1) is 10.9. The lowest BCUT2D eigenvalue weighted by Gasteiger charge is -2.00. The molecule has 0 aromatic carbocycles. The highest BCUT2D eigenvalue weighted by molar-refractivity contribution is 5.97. The van der Waals surface area contributed by atoms with Gasteiger partial charge in [0.25, 0.3) is 0 Å². The number of carbonyl (C=O) groups excluding carboxylic acids is 1. The highest BCUT2D eigenvalue weighted by Crippen LogP contribution is 2.04. The number of hydrogen-bond acceptors (Lipinski definition) is 4. The second-order valence-electron chi connectivity index (χ2n) is 3.09. The van der Waals surface area contributed by atoms with Crippen molar-refractivity contribution in [1.82, 2.24) is 4.98 Å². The molecular weight excluding hydrogens is 190 g/mol. The molecule has 0 unspecified atom stereocenters. The van der Waals surface area contributed by atoms with Gasteiger partial charge in [0.2, 0.25) is 0 Å². The first-order valence-electron chi connectivity index (χ1n) is 4.44. The lowest BCUT2D eigenvalue weighted by atomic mass is 10.2. The Balaban J connectivity index is 2.76. The number of carbonyl (C=O) groups is 1. The number of nitriles is 1. The molecule has 4 nitrogen and oxygen atoms in total. The number of nitrogens with one attached hydrogen (secondary N) is 1. The summed E-state index contributed by atoms with van der Waals surface area (Å²) in [5, 5.41) is 11.4. The number of aryl methyl sites for hydroxylation is 1. The van der Waals surface area contributed by atoms with Crippen LogP contribution in [0.4, 0.5) is 5.82 Å². The number of pyridine rings is 1. The third-order valence-electron chi connectivity index (χ3n) is 1.78. The molecule has 0 aliphatic heterocycles. The van der Waals surface area contributed by atoms with Crippen LogP contribution in [0.2, 0.25) is 0 Å². The van der Waals surface area contributed by atoms with Crippen LogP contribution in [-0.2, 0) is 4.79 Å². The third-order valence-corrected chi connectivity index (χ3v) is 1.78. The van der Waals surface area contributed by atoms with E-state index in [1.165, 1.54) is 13.1 Å². The van der Waals surface area contributed by atoms with E-state index in [-0.39, 0.29) is 11.4 Å². The minimum atomic E-state index is -0.267. The Hall–Kier alpha value is -2.15. The van der Waals surface area contributed by atoms with E-state index in [2.05, 4.69) is 10.3 Å². The Bertz CT molecular complexity index is 426. The molecule has 1 N–H and O–H groups in total. The molecule has 0 aliphatic carbocycles. The third kappa shape index (κ3) is 3.24. The van der Waals surface area contributed by atoms with Crippen molar-refractivity contribution in [2.24, 2.45) is 0 Å². The number of hydrogen-bond donors (Lipinski definition) is 1. The van der Waals surface area contributed by atoms with Crippen molar-refractivity contribution < 1.29 is 4.79 Å². The molecule has 1 heterocycles. The largest absolute Gasteiger partial charge is 0.345 e. The van der Waals surface area contributed by atoms with Crippen LogP contribution in [0.3, 0.4) is 0 Å². The van der Waals surface area contributed by atoms with Crippen LogP contribution in [0.25, 0.3) is 0 Å². The Morgan fingerprint density at radius 1 is 1.60 bits per heavy atom. The van der Waals surface area contributed by atoms with Crippen molar-refractivity contribution in [3.8, 4) is 6.07 Å². The van der Waals surface area contributed by atoms with E-state index in [1.54, 1.807) is 18.3 Å². The van der Waals surface area contributed by atoms with Crippen LogP contribution < -0.4 is 5.32 Å². The normalized spacial score (nSPS) is 10.6. The van der Waals surface area contributed by atoms with Crippen molar-refractivity contribution in [2.45, 2.75) is 13.8 Å². The zero-order valence-corrected chi connectivity index (χ0v) is 8.61. The molecule has 1 aromatic heterocycles. The predicted molar refractivity (Wildman–Crippen MR) is 57.0 cm³/mol. The zero-order chi connectivity index (χ0) is 11.3. The molecule has 1 rings (SSSR count). The number of ketones is 1. The molecule has 0 radical (unpaired) electrons. The van der Waals surface area contributed by atoms with Gasteiger partial charge in [-0.05, 0) is 25.5 Å². The summed E-state index contributed by atoms with van der Waals surface area (Å²) in [6.45, 7) is 3.28. The summed E-state index contributed by atoms with van der Waals surface area (Å²) in [6, 6.07) is 5.48. The molecule has 0 spiro atoms. The zero-order valence-electron chi connectivity index (χ0n) is 8.61. The second kappa shape index (κ2) is 4.91. The van der Waals surface area contributed by atoms with Gasteiger partial charge >= 0.3 is 0 Å². The molecule has 4 heteroatoms. The van der Waals surface area contributed by atoms with E-state index in [1.807, 2.05) is 13.0 Å². The molecule has 0 amide bonds. The van der Waals surface area contributed by atoms with Crippen LogP contribution in [0.1, 0.15) is 12.5 Å². The molecule has 1 aromatic rings. The Morgan fingerprint density at radius 3 is 2.80 bits per heavy atom. The van der Waals surface area contributed by atoms with Gasteiger partial charge < -0.3 is 5.32 Å². The summed E-state index contributed by atoms with van der Waals surface area (Å²) in [7, 11) is 0. The number of nitrogens with zero attached hydrogens (tertiary/aromatic N) is 2. The predicted octanol–water partition coefficient (Wildman–Crippen LogP) is 1.80. The topological polar surface area (TPSA) is 65.8 Å². The lowest BCUT2D eigenvalue weighted by Crippen LogP contribution is -1.99. The fourth-order valence-corrected chi connectivity index (χ4v) is 0.912. The maximum absolute atomic E-state index is 10.9. The van der Waals surface area contributed by atoms with Crippen molar-refractivity contribution >= 4 is 11.6 Å². The van der Waals surface area contributed by atoms with Crippen LogP contribution in [0.5, 0.6) is 0 Å². The van der Waals surface area contributed by atoms with E-state index >= 15 is 0 Å². The van der Waals surface area contributed by atoms with Crippen LogP contribution in [-0.4, -0.2) is 10.8 Å². The first-order chi connectivity index (χ1) is 7.13. The van der Waals surface area contributed by atoms with Crippen molar-refractivity contribution in [1.29, 1.82) is 5.26 Å². The summed E-state index contributed by atoms with van der Waals surface area (Å²) < 4.78 is 0. The van der Waals surface area contributed by atoms with Crippen molar-refractivity contribution in [3.63, 3.8) is 0 Å². The smallest absolute Gasteiger partial charge is 0.171 e. The van der Waals surface area contributed by atoms with Crippen LogP contribution in [0, 0.1) is 18.3 Å². The molecule has 0 atom stereocenters. The van der Waals surface area contributed by atoms with Crippen LogP contribution in [0.15, 0.2) is 30.1 Å². The van der Waals surface area contributed by atoms with Gasteiger partial charge in [-0.3, -0.25) is 4.79 Å². The number of Topliss-reactive ketones (excluding diaryl/α,β-unsaturated/α-hetero) is 1. The quantitative estimate of drug-likeness (QED) is 0.598. The Morgan fingerprint density at radius 2 is 2.33 bits per heavy atom. The SMILES string of the molecule is CC(=O)/C(C#N)=C/Nc1ccc(C)cn1. The van der Waals surface area contributed by atoms with E-state index in [4.69, 9.17) is 5.26 Å². The van der Waals surface area contributed by atoms with Crippen molar-refractivity contribution in [3.05, 3.63) is 35.7 Å². The second-order valence-corrected chi connectivity index (χ2v) is 3.09. The number of anilines is 1. The Kier molecular flexibility index (Phi) is 3.58. The standard InChI is InChI=1S/C11H11N3O/c1-8-3-4-11(13-6-8)14-7-10(5-12)9(2)15/h3-4,6-7H,1-2H3,(H,13,14)/b10-7+. The molecule has 0 bridgehead atoms. The van der Waals surface area contributed by atoms with Gasteiger partial charge in [-0.15, -0.1) is 0 Å². The van der Waals surface area contributed by atoms with E-state index in [9.17, 15) is 4.79 Å². The minimum Gasteiger partial charge on any atom is -0.345 e. The van der Waals surface area contributed by atoms with Gasteiger partial charge in [0.15, 0.2) is 5.78 Å². The fourth-order valence-electron chi connectivity index (χ4n) is 0.912. The maximum Gasteiger partial charge on any atom is 0.171 e. The van der Waals surface area contributed by atoms with E-state index in [0.29, 0.717) is 5.82 Å². The average molecular weight is 201 g/mol. The van der Waals surface area contributed by atoms with Gasteiger partial charge in [-0.1, -0.05) is 6.07 Å². The van der Waals surface area contributed by atoms with Gasteiger partial charge in [-0.2, -0.15) is 5.26 Å². The molecular formula is C11H11N3O. The molecule has 0 saturated carbocycles. The van der Waals surface area contributed by atoms with Crippen molar-refractivity contribution in [2.75, 3.05) is 5.32 Å². The summed E-state index contributed by atoms with van der Waals surface area (Å²) in [6.07, 6.45) is 3.07. The highest BCUT2D eigenvalue weighted by atomic mass is 16.1. The molecule has 0 fully saturated rings. The highest BCUT2D eigenvalue weighted by Gasteiger charge is 2.00. The number of allylic oxidation sites excluding steroid dienone is 1. The fraction of sp³-hybridized carbons (Fsp3) is 0.182. The summed E-state index contributed by atoms with van der Waals surface area (Å²) >= 11 is 0. The molecule has 15 heavy (non-hydrogen) atoms. The molecule has 0 saturated heterocycles. The summed E-state index contributed by atoms with van der Waals surface area (Å²) in [5.74, 6) is 0.340.